The molecule has 0 saturated heterocycles. The van der Waals surface area contributed by atoms with Crippen LogP contribution >= 0.6 is 0 Å². The summed E-state index contributed by atoms with van der Waals surface area (Å²) in [6.45, 7) is 0.722. The fourth-order valence-corrected chi connectivity index (χ4v) is 3.16. The van der Waals surface area contributed by atoms with Gasteiger partial charge >= 0.3 is 0 Å². The van der Waals surface area contributed by atoms with Gasteiger partial charge in [0.05, 0.1) is 12.7 Å². The fraction of sp³-hybridized carbons (Fsp3) is 0.450. The van der Waals surface area contributed by atoms with Crippen LogP contribution in [0.4, 0.5) is 5.95 Å². The first-order valence-corrected chi connectivity index (χ1v) is 9.24. The van der Waals surface area contributed by atoms with Crippen LogP contribution in [0.2, 0.25) is 0 Å². The van der Waals surface area contributed by atoms with Gasteiger partial charge in [-0.05, 0) is 37.0 Å². The molecular formula is C20H26N4O2. The van der Waals surface area contributed by atoms with E-state index in [1.54, 1.807) is 19.5 Å². The van der Waals surface area contributed by atoms with Crippen molar-refractivity contribution in [3.63, 3.8) is 0 Å². The van der Waals surface area contributed by atoms with Gasteiger partial charge in [-0.15, -0.1) is 0 Å². The zero-order valence-corrected chi connectivity index (χ0v) is 15.2. The number of rotatable bonds is 7. The smallest absolute Gasteiger partial charge is 0.254 e. The summed E-state index contributed by atoms with van der Waals surface area (Å²) in [7, 11) is 1.66. The minimum Gasteiger partial charge on any atom is -0.497 e. The highest BCUT2D eigenvalue weighted by Crippen LogP contribution is 2.17. The molecule has 1 heterocycles. The number of carbonyl (C=O) groups is 1. The molecule has 138 valence electrons. The molecule has 0 atom stereocenters. The van der Waals surface area contributed by atoms with E-state index in [0.717, 1.165) is 31.6 Å². The number of anilines is 1. The van der Waals surface area contributed by atoms with Crippen molar-refractivity contribution in [1.82, 2.24) is 15.3 Å². The highest BCUT2D eigenvalue weighted by molar-refractivity contribution is 5.93. The summed E-state index contributed by atoms with van der Waals surface area (Å²) >= 11 is 0. The first-order valence-electron chi connectivity index (χ1n) is 9.24. The molecule has 0 aliphatic heterocycles. The van der Waals surface area contributed by atoms with Crippen LogP contribution in [0.15, 0.2) is 36.7 Å². The van der Waals surface area contributed by atoms with E-state index in [4.69, 9.17) is 4.74 Å². The lowest BCUT2D eigenvalue weighted by molar-refractivity contribution is 0.0927. The molecule has 2 N–H and O–H groups in total. The van der Waals surface area contributed by atoms with Crippen molar-refractivity contribution in [2.45, 2.75) is 44.6 Å². The molecular weight excluding hydrogens is 328 g/mol. The van der Waals surface area contributed by atoms with Gasteiger partial charge in [-0.25, -0.2) is 9.97 Å². The van der Waals surface area contributed by atoms with Gasteiger partial charge < -0.3 is 15.4 Å². The minimum atomic E-state index is -0.0818. The number of hydrogen-bond acceptors (Lipinski definition) is 5. The van der Waals surface area contributed by atoms with Crippen LogP contribution in [-0.4, -0.2) is 35.6 Å². The maximum absolute atomic E-state index is 12.3. The largest absolute Gasteiger partial charge is 0.497 e. The van der Waals surface area contributed by atoms with E-state index in [0.29, 0.717) is 17.6 Å². The lowest BCUT2D eigenvalue weighted by Gasteiger charge is -2.22. The maximum atomic E-state index is 12.3. The predicted molar refractivity (Wildman–Crippen MR) is 102 cm³/mol. The summed E-state index contributed by atoms with van der Waals surface area (Å²) in [5.74, 6) is 1.31. The number of nitrogens with one attached hydrogen (secondary N) is 2. The molecule has 1 aliphatic carbocycles. The Hall–Kier alpha value is -2.63. The zero-order chi connectivity index (χ0) is 18.2. The average Bonchev–Trinajstić information content (AvgIpc) is 2.70. The lowest BCUT2D eigenvalue weighted by Crippen LogP contribution is -2.36. The highest BCUT2D eigenvalue weighted by Gasteiger charge is 2.17. The van der Waals surface area contributed by atoms with E-state index in [1.165, 1.54) is 24.8 Å². The third-order valence-corrected chi connectivity index (χ3v) is 4.71. The predicted octanol–water partition coefficient (Wildman–Crippen LogP) is 3.20. The molecule has 1 amide bonds. The Morgan fingerprint density at radius 2 is 1.81 bits per heavy atom. The van der Waals surface area contributed by atoms with E-state index >= 15 is 0 Å². The van der Waals surface area contributed by atoms with Crippen molar-refractivity contribution < 1.29 is 9.53 Å². The Balaban J connectivity index is 1.45. The molecule has 1 fully saturated rings. The zero-order valence-electron chi connectivity index (χ0n) is 15.2. The molecule has 2 aromatic rings. The highest BCUT2D eigenvalue weighted by atomic mass is 16.5. The van der Waals surface area contributed by atoms with E-state index in [-0.39, 0.29) is 5.91 Å². The second-order valence-corrected chi connectivity index (χ2v) is 6.63. The minimum absolute atomic E-state index is 0.0818. The summed E-state index contributed by atoms with van der Waals surface area (Å²) in [5, 5.41) is 6.26. The van der Waals surface area contributed by atoms with Crippen LogP contribution in [0.25, 0.3) is 0 Å². The van der Waals surface area contributed by atoms with Crippen molar-refractivity contribution >= 4 is 11.9 Å². The first kappa shape index (κ1) is 18.2. The van der Waals surface area contributed by atoms with Crippen molar-refractivity contribution in [2.24, 2.45) is 0 Å². The van der Waals surface area contributed by atoms with Gasteiger partial charge in [-0.1, -0.05) is 31.4 Å². The van der Waals surface area contributed by atoms with Gasteiger partial charge in [-0.3, -0.25) is 4.79 Å². The van der Waals surface area contributed by atoms with Gasteiger partial charge in [0.25, 0.3) is 5.91 Å². The standard InChI is InChI=1S/C20H26N4O2/c1-26-18-9-7-15(8-10-18)11-12-21-20-22-13-16(14-23-20)19(25)24-17-5-3-2-4-6-17/h7-10,13-14,17H,2-6,11-12H2,1H3,(H,24,25)(H,21,22,23). The van der Waals surface area contributed by atoms with Gasteiger partial charge in [0, 0.05) is 25.0 Å². The number of carbonyl (C=O) groups excluding carboxylic acids is 1. The van der Waals surface area contributed by atoms with Gasteiger partial charge in [0.1, 0.15) is 5.75 Å². The monoisotopic (exact) mass is 354 g/mol. The molecule has 6 nitrogen and oxygen atoms in total. The molecule has 0 unspecified atom stereocenters. The Kier molecular flexibility index (Phi) is 6.41. The van der Waals surface area contributed by atoms with Crippen molar-refractivity contribution in [3.8, 4) is 5.75 Å². The third-order valence-electron chi connectivity index (χ3n) is 4.71. The number of methoxy groups -OCH3 is 1. The molecule has 26 heavy (non-hydrogen) atoms. The van der Waals surface area contributed by atoms with Gasteiger partial charge in [0.15, 0.2) is 0 Å². The van der Waals surface area contributed by atoms with E-state index in [2.05, 4.69) is 20.6 Å². The van der Waals surface area contributed by atoms with Gasteiger partial charge in [0.2, 0.25) is 5.95 Å². The summed E-state index contributed by atoms with van der Waals surface area (Å²) in [4.78, 5) is 20.8. The molecule has 6 heteroatoms. The van der Waals surface area contributed by atoms with Crippen molar-refractivity contribution in [2.75, 3.05) is 19.0 Å². The molecule has 0 spiro atoms. The van der Waals surface area contributed by atoms with E-state index in [1.807, 2.05) is 24.3 Å². The normalized spacial score (nSPS) is 14.7. The number of hydrogen-bond donors (Lipinski definition) is 2. The third kappa shape index (κ3) is 5.18. The summed E-state index contributed by atoms with van der Waals surface area (Å²) in [6, 6.07) is 8.27. The molecule has 0 bridgehead atoms. The van der Waals surface area contributed by atoms with E-state index < -0.39 is 0 Å². The Morgan fingerprint density at radius 3 is 2.46 bits per heavy atom. The van der Waals surface area contributed by atoms with Crippen LogP contribution < -0.4 is 15.4 Å². The second-order valence-electron chi connectivity index (χ2n) is 6.63. The summed E-state index contributed by atoms with van der Waals surface area (Å²) < 4.78 is 5.15. The van der Waals surface area contributed by atoms with Crippen molar-refractivity contribution in [3.05, 3.63) is 47.8 Å². The summed E-state index contributed by atoms with van der Waals surface area (Å²) in [5.41, 5.74) is 1.72. The molecule has 0 radical (unpaired) electrons. The number of nitrogens with zero attached hydrogens (tertiary/aromatic N) is 2. The Morgan fingerprint density at radius 1 is 1.12 bits per heavy atom. The van der Waals surface area contributed by atoms with Gasteiger partial charge in [-0.2, -0.15) is 0 Å². The average molecular weight is 354 g/mol. The van der Waals surface area contributed by atoms with Crippen LogP contribution in [0, 0.1) is 0 Å². The molecule has 1 saturated carbocycles. The number of benzene rings is 1. The summed E-state index contributed by atoms with van der Waals surface area (Å²) in [6.07, 6.45) is 9.82. The SMILES string of the molecule is COc1ccc(CCNc2ncc(C(=O)NC3CCCCC3)cn2)cc1. The lowest BCUT2D eigenvalue weighted by atomic mass is 9.95. The molecule has 3 rings (SSSR count). The second kappa shape index (κ2) is 9.17. The number of amides is 1. The molecule has 1 aromatic carbocycles. The fourth-order valence-electron chi connectivity index (χ4n) is 3.16. The number of aromatic nitrogens is 2. The maximum Gasteiger partial charge on any atom is 0.254 e. The Labute approximate surface area is 154 Å². The Bertz CT molecular complexity index is 695. The van der Waals surface area contributed by atoms with Crippen LogP contribution in [0.1, 0.15) is 48.0 Å². The van der Waals surface area contributed by atoms with Crippen LogP contribution in [0.3, 0.4) is 0 Å². The van der Waals surface area contributed by atoms with Crippen molar-refractivity contribution in [1.29, 1.82) is 0 Å². The first-order chi connectivity index (χ1) is 12.7. The van der Waals surface area contributed by atoms with Crippen LogP contribution in [0.5, 0.6) is 5.75 Å². The molecule has 1 aliphatic rings. The topological polar surface area (TPSA) is 76.1 Å². The molecule has 1 aromatic heterocycles. The number of ether oxygens (including phenoxy) is 1. The van der Waals surface area contributed by atoms with Crippen LogP contribution in [-0.2, 0) is 6.42 Å². The quantitative estimate of drug-likeness (QED) is 0.798. The van der Waals surface area contributed by atoms with E-state index in [9.17, 15) is 4.79 Å².